The summed E-state index contributed by atoms with van der Waals surface area (Å²) < 4.78 is 4.72. The Morgan fingerprint density at radius 1 is 1.08 bits per heavy atom. The summed E-state index contributed by atoms with van der Waals surface area (Å²) in [5.74, 6) is -0.722. The third-order valence-electron chi connectivity index (χ3n) is 4.46. The van der Waals surface area contributed by atoms with Crippen molar-refractivity contribution in [1.82, 2.24) is 10.2 Å². The Morgan fingerprint density at radius 2 is 1.73 bits per heavy atom. The molecule has 1 aliphatic rings. The number of methoxy groups -OCH3 is 1. The SMILES string of the molecule is COC(=O)[C@H](NC(=O)Nc1ccccc1C(=O)N1CCCCC1)C(C)C. The monoisotopic (exact) mass is 361 g/mol. The molecule has 0 saturated carbocycles. The number of urea groups is 1. The average molecular weight is 361 g/mol. The number of benzene rings is 1. The summed E-state index contributed by atoms with van der Waals surface area (Å²) in [6.45, 7) is 5.10. The molecule has 1 aliphatic heterocycles. The van der Waals surface area contributed by atoms with Crippen molar-refractivity contribution in [3.63, 3.8) is 0 Å². The van der Waals surface area contributed by atoms with Crippen LogP contribution in [0.25, 0.3) is 0 Å². The van der Waals surface area contributed by atoms with Gasteiger partial charge in [0.05, 0.1) is 18.4 Å². The molecule has 1 aromatic carbocycles. The van der Waals surface area contributed by atoms with Gasteiger partial charge in [-0.25, -0.2) is 9.59 Å². The molecule has 0 spiro atoms. The molecule has 0 aliphatic carbocycles. The van der Waals surface area contributed by atoms with Crippen LogP contribution in [0, 0.1) is 5.92 Å². The molecule has 0 unspecified atom stereocenters. The van der Waals surface area contributed by atoms with Crippen LogP contribution in [-0.2, 0) is 9.53 Å². The third-order valence-corrected chi connectivity index (χ3v) is 4.46. The number of carbonyl (C=O) groups excluding carboxylic acids is 3. The minimum Gasteiger partial charge on any atom is -0.467 e. The molecule has 1 saturated heterocycles. The van der Waals surface area contributed by atoms with Crippen molar-refractivity contribution in [1.29, 1.82) is 0 Å². The van der Waals surface area contributed by atoms with E-state index in [0.29, 0.717) is 11.3 Å². The molecule has 2 N–H and O–H groups in total. The highest BCUT2D eigenvalue weighted by Crippen LogP contribution is 2.20. The van der Waals surface area contributed by atoms with E-state index in [9.17, 15) is 14.4 Å². The van der Waals surface area contributed by atoms with E-state index >= 15 is 0 Å². The number of nitrogens with one attached hydrogen (secondary N) is 2. The maximum atomic E-state index is 12.8. The van der Waals surface area contributed by atoms with E-state index in [1.165, 1.54) is 7.11 Å². The fourth-order valence-electron chi connectivity index (χ4n) is 2.97. The number of piperidine rings is 1. The van der Waals surface area contributed by atoms with E-state index in [1.807, 2.05) is 18.7 Å². The van der Waals surface area contributed by atoms with Crippen LogP contribution in [0.4, 0.5) is 10.5 Å². The first-order valence-electron chi connectivity index (χ1n) is 8.97. The van der Waals surface area contributed by atoms with Crippen LogP contribution >= 0.6 is 0 Å². The number of anilines is 1. The van der Waals surface area contributed by atoms with E-state index in [-0.39, 0.29) is 11.8 Å². The first-order valence-corrected chi connectivity index (χ1v) is 8.97. The summed E-state index contributed by atoms with van der Waals surface area (Å²) in [5, 5.41) is 5.30. The lowest BCUT2D eigenvalue weighted by molar-refractivity contribution is -0.143. The number of hydrogen-bond donors (Lipinski definition) is 2. The largest absolute Gasteiger partial charge is 0.467 e. The van der Waals surface area contributed by atoms with Gasteiger partial charge >= 0.3 is 12.0 Å². The predicted molar refractivity (Wildman–Crippen MR) is 99.0 cm³/mol. The van der Waals surface area contributed by atoms with Gasteiger partial charge in [0.2, 0.25) is 0 Å². The van der Waals surface area contributed by atoms with Crippen LogP contribution in [-0.4, -0.2) is 49.0 Å². The van der Waals surface area contributed by atoms with E-state index in [0.717, 1.165) is 32.4 Å². The molecule has 1 aromatic rings. The van der Waals surface area contributed by atoms with Crippen LogP contribution in [0.5, 0.6) is 0 Å². The summed E-state index contributed by atoms with van der Waals surface area (Å²) in [6.07, 6.45) is 3.13. The summed E-state index contributed by atoms with van der Waals surface area (Å²) in [5.41, 5.74) is 0.872. The second kappa shape index (κ2) is 9.22. The molecule has 142 valence electrons. The Labute approximate surface area is 154 Å². The molecule has 7 nitrogen and oxygen atoms in total. The number of nitrogens with zero attached hydrogens (tertiary/aromatic N) is 1. The summed E-state index contributed by atoms with van der Waals surface area (Å²) in [6, 6.07) is 5.60. The zero-order chi connectivity index (χ0) is 19.1. The fraction of sp³-hybridized carbons (Fsp3) is 0.526. The number of carbonyl (C=O) groups is 3. The molecule has 0 bridgehead atoms. The molecule has 1 fully saturated rings. The normalized spacial score (nSPS) is 15.3. The summed E-state index contributed by atoms with van der Waals surface area (Å²) in [7, 11) is 1.28. The number of amides is 3. The molecule has 0 radical (unpaired) electrons. The highest BCUT2D eigenvalue weighted by atomic mass is 16.5. The lowest BCUT2D eigenvalue weighted by Gasteiger charge is -2.27. The van der Waals surface area contributed by atoms with Gasteiger partial charge in [0, 0.05) is 13.1 Å². The van der Waals surface area contributed by atoms with Crippen molar-refractivity contribution < 1.29 is 19.1 Å². The van der Waals surface area contributed by atoms with Crippen molar-refractivity contribution in [2.24, 2.45) is 5.92 Å². The van der Waals surface area contributed by atoms with Crippen molar-refractivity contribution in [3.05, 3.63) is 29.8 Å². The number of hydrogen-bond acceptors (Lipinski definition) is 4. The Hall–Kier alpha value is -2.57. The van der Waals surface area contributed by atoms with Crippen molar-refractivity contribution in [2.45, 2.75) is 39.2 Å². The highest BCUT2D eigenvalue weighted by molar-refractivity contribution is 6.03. The van der Waals surface area contributed by atoms with Crippen molar-refractivity contribution in [2.75, 3.05) is 25.5 Å². The zero-order valence-corrected chi connectivity index (χ0v) is 15.6. The zero-order valence-electron chi connectivity index (χ0n) is 15.6. The molecule has 26 heavy (non-hydrogen) atoms. The molecular weight excluding hydrogens is 334 g/mol. The molecule has 1 atom stereocenters. The summed E-state index contributed by atoms with van der Waals surface area (Å²) >= 11 is 0. The first-order chi connectivity index (χ1) is 12.4. The maximum absolute atomic E-state index is 12.8. The van der Waals surface area contributed by atoms with Gasteiger partial charge in [-0.2, -0.15) is 0 Å². The topological polar surface area (TPSA) is 87.7 Å². The van der Waals surface area contributed by atoms with E-state index in [2.05, 4.69) is 10.6 Å². The van der Waals surface area contributed by atoms with Crippen molar-refractivity contribution in [3.8, 4) is 0 Å². The molecular formula is C19H27N3O4. The van der Waals surface area contributed by atoms with Gasteiger partial charge in [0.1, 0.15) is 6.04 Å². The van der Waals surface area contributed by atoms with Gasteiger partial charge in [-0.1, -0.05) is 26.0 Å². The average Bonchev–Trinajstić information content (AvgIpc) is 2.66. The number of likely N-dealkylation sites (tertiary alicyclic amines) is 1. The number of para-hydroxylation sites is 1. The van der Waals surface area contributed by atoms with Gasteiger partial charge in [-0.05, 0) is 37.3 Å². The minimum atomic E-state index is -0.759. The number of ether oxygens (including phenoxy) is 1. The lowest BCUT2D eigenvalue weighted by atomic mass is 10.1. The highest BCUT2D eigenvalue weighted by Gasteiger charge is 2.26. The van der Waals surface area contributed by atoms with Crippen LogP contribution in [0.15, 0.2) is 24.3 Å². The minimum absolute atomic E-state index is 0.0889. The van der Waals surface area contributed by atoms with E-state index in [4.69, 9.17) is 4.74 Å². The number of esters is 1. The van der Waals surface area contributed by atoms with Gasteiger partial charge in [0.25, 0.3) is 5.91 Å². The molecule has 1 heterocycles. The maximum Gasteiger partial charge on any atom is 0.328 e. The standard InChI is InChI=1S/C19H27N3O4/c1-13(2)16(18(24)26-3)21-19(25)20-15-10-6-5-9-14(15)17(23)22-11-7-4-8-12-22/h5-6,9-10,13,16H,4,7-8,11-12H2,1-3H3,(H2,20,21,25)/t16-/m1/s1. The number of rotatable bonds is 5. The predicted octanol–water partition coefficient (Wildman–Crippen LogP) is 2.63. The third kappa shape index (κ3) is 4.97. The van der Waals surface area contributed by atoms with Crippen LogP contribution in [0.2, 0.25) is 0 Å². The second-order valence-corrected chi connectivity index (χ2v) is 6.74. The Morgan fingerprint density at radius 3 is 2.35 bits per heavy atom. The van der Waals surface area contributed by atoms with Gasteiger partial charge in [-0.15, -0.1) is 0 Å². The first kappa shape index (κ1) is 19.8. The quantitative estimate of drug-likeness (QED) is 0.789. The summed E-state index contributed by atoms with van der Waals surface area (Å²) in [4.78, 5) is 38.7. The second-order valence-electron chi connectivity index (χ2n) is 6.74. The van der Waals surface area contributed by atoms with Gasteiger partial charge in [-0.3, -0.25) is 4.79 Å². The van der Waals surface area contributed by atoms with Crippen LogP contribution < -0.4 is 10.6 Å². The van der Waals surface area contributed by atoms with Gasteiger partial charge < -0.3 is 20.3 Å². The fourth-order valence-corrected chi connectivity index (χ4v) is 2.97. The van der Waals surface area contributed by atoms with E-state index in [1.54, 1.807) is 24.3 Å². The van der Waals surface area contributed by atoms with Gasteiger partial charge in [0.15, 0.2) is 0 Å². The van der Waals surface area contributed by atoms with Crippen molar-refractivity contribution >= 4 is 23.6 Å². The Bertz CT molecular complexity index is 654. The molecule has 0 aromatic heterocycles. The molecule has 7 heteroatoms. The van der Waals surface area contributed by atoms with Crippen LogP contribution in [0.1, 0.15) is 43.5 Å². The Balaban J connectivity index is 2.10. The lowest BCUT2D eigenvalue weighted by Crippen LogP contribution is -2.47. The van der Waals surface area contributed by atoms with E-state index < -0.39 is 18.0 Å². The molecule has 3 amide bonds. The van der Waals surface area contributed by atoms with Crippen LogP contribution in [0.3, 0.4) is 0 Å². The molecule has 2 rings (SSSR count). The smallest absolute Gasteiger partial charge is 0.328 e. The Kier molecular flexibility index (Phi) is 7.00.